The number of thioether (sulfide) groups is 1. The van der Waals surface area contributed by atoms with Crippen molar-refractivity contribution >= 4 is 29.2 Å². The summed E-state index contributed by atoms with van der Waals surface area (Å²) >= 11 is 7.42. The number of rotatable bonds is 4. The number of halogens is 1. The molecular formula is C12H16ClN5S. The van der Waals surface area contributed by atoms with Gasteiger partial charge in [-0.2, -0.15) is 5.10 Å². The van der Waals surface area contributed by atoms with Crippen molar-refractivity contribution in [1.29, 1.82) is 0 Å². The molecule has 102 valence electrons. The fourth-order valence-corrected chi connectivity index (χ4v) is 2.44. The molecule has 0 aliphatic carbocycles. The Morgan fingerprint density at radius 1 is 1.37 bits per heavy atom. The topological polar surface area (TPSA) is 55.6 Å². The van der Waals surface area contributed by atoms with Gasteiger partial charge in [-0.3, -0.25) is 4.68 Å². The van der Waals surface area contributed by atoms with Gasteiger partial charge in [0.15, 0.2) is 5.16 Å². The third-order valence-electron chi connectivity index (χ3n) is 2.96. The molecule has 0 atom stereocenters. The third-order valence-corrected chi connectivity index (χ3v) is 3.70. The molecule has 0 unspecified atom stereocenters. The molecule has 0 saturated heterocycles. The van der Waals surface area contributed by atoms with Gasteiger partial charge in [0.25, 0.3) is 0 Å². The molecule has 7 heteroatoms. The van der Waals surface area contributed by atoms with Gasteiger partial charge in [-0.05, 0) is 20.1 Å². The van der Waals surface area contributed by atoms with Gasteiger partial charge in [-0.15, -0.1) is 0 Å². The van der Waals surface area contributed by atoms with Gasteiger partial charge in [0.05, 0.1) is 5.69 Å². The minimum Gasteiger partial charge on any atom is -0.366 e. The van der Waals surface area contributed by atoms with Crippen LogP contribution in [0.1, 0.15) is 17.0 Å². The van der Waals surface area contributed by atoms with E-state index in [0.717, 1.165) is 17.2 Å². The Morgan fingerprint density at radius 2 is 2.11 bits per heavy atom. The van der Waals surface area contributed by atoms with E-state index in [-0.39, 0.29) is 0 Å². The van der Waals surface area contributed by atoms with Crippen molar-refractivity contribution in [3.63, 3.8) is 0 Å². The van der Waals surface area contributed by atoms with Crippen LogP contribution in [0.15, 0.2) is 11.2 Å². The van der Waals surface area contributed by atoms with E-state index in [1.54, 1.807) is 6.07 Å². The van der Waals surface area contributed by atoms with Gasteiger partial charge >= 0.3 is 0 Å². The van der Waals surface area contributed by atoms with E-state index in [4.69, 9.17) is 11.6 Å². The van der Waals surface area contributed by atoms with Crippen LogP contribution in [0.25, 0.3) is 0 Å². The molecule has 0 aliphatic heterocycles. The molecule has 0 saturated carbocycles. The summed E-state index contributed by atoms with van der Waals surface area (Å²) < 4.78 is 1.88. The maximum absolute atomic E-state index is 5.96. The van der Waals surface area contributed by atoms with Crippen LogP contribution in [-0.4, -0.2) is 26.0 Å². The summed E-state index contributed by atoms with van der Waals surface area (Å²) in [6, 6.07) is 1.72. The monoisotopic (exact) mass is 297 g/mol. The Balaban J connectivity index is 2.16. The zero-order valence-corrected chi connectivity index (χ0v) is 12.9. The lowest BCUT2D eigenvalue weighted by molar-refractivity contribution is 0.730. The van der Waals surface area contributed by atoms with Crippen molar-refractivity contribution in [2.45, 2.75) is 25.5 Å². The molecule has 0 spiro atoms. The first kappa shape index (κ1) is 14.1. The number of nitrogens with zero attached hydrogens (tertiary/aromatic N) is 4. The first-order valence-electron chi connectivity index (χ1n) is 5.82. The first-order valence-corrected chi connectivity index (χ1v) is 7.43. The van der Waals surface area contributed by atoms with Crippen molar-refractivity contribution in [2.24, 2.45) is 7.05 Å². The molecular weight excluding hydrogens is 282 g/mol. The quantitative estimate of drug-likeness (QED) is 0.534. The highest BCUT2D eigenvalue weighted by atomic mass is 35.5. The van der Waals surface area contributed by atoms with Crippen LogP contribution in [0, 0.1) is 13.8 Å². The molecule has 2 aromatic heterocycles. The second kappa shape index (κ2) is 5.79. The van der Waals surface area contributed by atoms with Gasteiger partial charge in [0, 0.05) is 30.9 Å². The SMILES string of the molecule is CSc1nc(Cl)cc(NCc2c(C)nn(C)c2C)n1. The number of hydrogen-bond donors (Lipinski definition) is 1. The summed E-state index contributed by atoms with van der Waals surface area (Å²) in [5, 5.41) is 8.76. The van der Waals surface area contributed by atoms with E-state index in [1.165, 1.54) is 17.3 Å². The molecule has 2 rings (SSSR count). The van der Waals surface area contributed by atoms with E-state index >= 15 is 0 Å². The maximum Gasteiger partial charge on any atom is 0.190 e. The largest absolute Gasteiger partial charge is 0.366 e. The van der Waals surface area contributed by atoms with Crippen LogP contribution in [0.2, 0.25) is 5.15 Å². The number of anilines is 1. The van der Waals surface area contributed by atoms with Crippen LogP contribution in [0.3, 0.4) is 0 Å². The number of nitrogens with one attached hydrogen (secondary N) is 1. The Morgan fingerprint density at radius 3 is 2.68 bits per heavy atom. The molecule has 0 aromatic carbocycles. The van der Waals surface area contributed by atoms with E-state index in [1.807, 2.05) is 24.9 Å². The molecule has 2 heterocycles. The van der Waals surface area contributed by atoms with E-state index in [9.17, 15) is 0 Å². The molecule has 0 fully saturated rings. The summed E-state index contributed by atoms with van der Waals surface area (Å²) in [6.45, 7) is 4.73. The first-order chi connectivity index (χ1) is 9.01. The summed E-state index contributed by atoms with van der Waals surface area (Å²) in [5.41, 5.74) is 3.36. The summed E-state index contributed by atoms with van der Waals surface area (Å²) in [4.78, 5) is 8.47. The van der Waals surface area contributed by atoms with Crippen molar-refractivity contribution in [1.82, 2.24) is 19.7 Å². The van der Waals surface area contributed by atoms with Crippen molar-refractivity contribution in [2.75, 3.05) is 11.6 Å². The summed E-state index contributed by atoms with van der Waals surface area (Å²) in [6.07, 6.45) is 1.92. The average molecular weight is 298 g/mol. The van der Waals surface area contributed by atoms with Crippen molar-refractivity contribution < 1.29 is 0 Å². The van der Waals surface area contributed by atoms with Crippen LogP contribution in [0.5, 0.6) is 0 Å². The lowest BCUT2D eigenvalue weighted by atomic mass is 10.2. The number of aromatic nitrogens is 4. The standard InChI is InChI=1S/C12H16ClN5S/c1-7-9(8(2)18(3)17-7)6-14-11-5-10(13)15-12(16-11)19-4/h5H,6H2,1-4H3,(H,14,15,16). The Kier molecular flexibility index (Phi) is 4.31. The normalized spacial score (nSPS) is 10.8. The van der Waals surface area contributed by atoms with Crippen molar-refractivity contribution in [3.05, 3.63) is 28.2 Å². The van der Waals surface area contributed by atoms with Gasteiger partial charge in [-0.1, -0.05) is 23.4 Å². The smallest absolute Gasteiger partial charge is 0.190 e. The fraction of sp³-hybridized carbons (Fsp3) is 0.417. The summed E-state index contributed by atoms with van der Waals surface area (Å²) in [5.74, 6) is 0.729. The fourth-order valence-electron chi connectivity index (χ4n) is 1.83. The molecule has 2 aromatic rings. The van der Waals surface area contributed by atoms with E-state index in [2.05, 4.69) is 27.3 Å². The lowest BCUT2D eigenvalue weighted by Gasteiger charge is -2.07. The van der Waals surface area contributed by atoms with Gasteiger partial charge in [-0.25, -0.2) is 9.97 Å². The van der Waals surface area contributed by atoms with Crippen LogP contribution in [-0.2, 0) is 13.6 Å². The Bertz CT molecular complexity index is 596. The highest BCUT2D eigenvalue weighted by Crippen LogP contribution is 2.19. The predicted octanol–water partition coefficient (Wildman–Crippen LogP) is 2.81. The zero-order valence-electron chi connectivity index (χ0n) is 11.4. The third kappa shape index (κ3) is 3.19. The highest BCUT2D eigenvalue weighted by Gasteiger charge is 2.09. The van der Waals surface area contributed by atoms with E-state index in [0.29, 0.717) is 16.9 Å². The summed E-state index contributed by atoms with van der Waals surface area (Å²) in [7, 11) is 1.94. The number of hydrogen-bond acceptors (Lipinski definition) is 5. The van der Waals surface area contributed by atoms with Crippen LogP contribution < -0.4 is 5.32 Å². The van der Waals surface area contributed by atoms with Gasteiger partial charge in [0.2, 0.25) is 0 Å². The van der Waals surface area contributed by atoms with E-state index < -0.39 is 0 Å². The number of aryl methyl sites for hydroxylation is 2. The lowest BCUT2D eigenvalue weighted by Crippen LogP contribution is -2.05. The predicted molar refractivity (Wildman–Crippen MR) is 78.8 cm³/mol. The average Bonchev–Trinajstić information content (AvgIpc) is 2.60. The Labute approximate surface area is 121 Å². The van der Waals surface area contributed by atoms with Crippen LogP contribution in [0.4, 0.5) is 5.82 Å². The van der Waals surface area contributed by atoms with Gasteiger partial charge < -0.3 is 5.32 Å². The zero-order chi connectivity index (χ0) is 14.0. The molecule has 1 N–H and O–H groups in total. The molecule has 0 aliphatic rings. The Hall–Kier alpha value is -1.27. The molecule has 0 amide bonds. The molecule has 5 nitrogen and oxygen atoms in total. The van der Waals surface area contributed by atoms with Crippen LogP contribution >= 0.6 is 23.4 Å². The minimum atomic E-state index is 0.446. The minimum absolute atomic E-state index is 0.446. The molecule has 0 radical (unpaired) electrons. The second-order valence-electron chi connectivity index (χ2n) is 4.19. The second-order valence-corrected chi connectivity index (χ2v) is 5.35. The highest BCUT2D eigenvalue weighted by molar-refractivity contribution is 7.98. The molecule has 19 heavy (non-hydrogen) atoms. The van der Waals surface area contributed by atoms with Gasteiger partial charge in [0.1, 0.15) is 11.0 Å². The van der Waals surface area contributed by atoms with Crippen molar-refractivity contribution in [3.8, 4) is 0 Å². The molecule has 0 bridgehead atoms. The maximum atomic E-state index is 5.96.